The van der Waals surface area contributed by atoms with Gasteiger partial charge in [-0.2, -0.15) is 5.26 Å². The summed E-state index contributed by atoms with van der Waals surface area (Å²) in [5.74, 6) is 0.555. The van der Waals surface area contributed by atoms with E-state index in [1.807, 2.05) is 4.90 Å². The Bertz CT molecular complexity index is 699. The number of aromatic nitrogens is 1. The van der Waals surface area contributed by atoms with Crippen molar-refractivity contribution in [2.45, 2.75) is 24.8 Å². The van der Waals surface area contributed by atoms with Gasteiger partial charge in [-0.25, -0.2) is 0 Å². The monoisotopic (exact) mass is 267 g/mol. The highest BCUT2D eigenvalue weighted by molar-refractivity contribution is 5.88. The number of nitrogens with zero attached hydrogens (tertiary/aromatic N) is 2. The fraction of sp³-hybridized carbons (Fsp3) is 0.438. The summed E-state index contributed by atoms with van der Waals surface area (Å²) in [6, 6.07) is 6.62. The molecule has 1 fully saturated rings. The van der Waals surface area contributed by atoms with Crippen LogP contribution in [0.5, 0.6) is 0 Å². The second-order valence-electron chi connectivity index (χ2n) is 6.00. The number of hydrogen-bond acceptors (Lipinski definition) is 3. The molecule has 2 N–H and O–H groups in total. The van der Waals surface area contributed by atoms with E-state index in [-0.39, 0.29) is 18.6 Å². The lowest BCUT2D eigenvalue weighted by Crippen LogP contribution is -2.48. The summed E-state index contributed by atoms with van der Waals surface area (Å²) in [4.78, 5) is 5.22. The molecule has 0 saturated carbocycles. The van der Waals surface area contributed by atoms with Gasteiger partial charge in [-0.15, -0.1) is 0 Å². The normalized spacial score (nSPS) is 28.2. The molecule has 2 aliphatic rings. The van der Waals surface area contributed by atoms with Crippen molar-refractivity contribution in [1.29, 1.82) is 5.26 Å². The maximum Gasteiger partial charge on any atom is 0.179 e. The number of aromatic amines is 1. The number of rotatable bonds is 1. The zero-order valence-corrected chi connectivity index (χ0v) is 11.2. The molecule has 3 atom stereocenters. The molecule has 1 aromatic carbocycles. The van der Waals surface area contributed by atoms with Crippen molar-refractivity contribution in [3.63, 3.8) is 0 Å². The third-order valence-corrected chi connectivity index (χ3v) is 4.94. The van der Waals surface area contributed by atoms with Gasteiger partial charge in [0, 0.05) is 42.1 Å². The van der Waals surface area contributed by atoms with Crippen LogP contribution in [0, 0.1) is 17.4 Å². The number of H-pyrrole nitrogens is 1. The minimum absolute atomic E-state index is 0.164. The van der Waals surface area contributed by atoms with Crippen LogP contribution in [0.2, 0.25) is 0 Å². The maximum atomic E-state index is 9.50. The van der Waals surface area contributed by atoms with Crippen LogP contribution in [0.25, 0.3) is 10.9 Å². The average molecular weight is 267 g/mol. The Hall–Kier alpha value is -1.99. The van der Waals surface area contributed by atoms with Crippen molar-refractivity contribution in [3.8, 4) is 6.19 Å². The first-order valence-electron chi connectivity index (χ1n) is 7.18. The Morgan fingerprint density at radius 2 is 2.35 bits per heavy atom. The number of benzene rings is 1. The third kappa shape index (κ3) is 1.50. The Labute approximate surface area is 117 Å². The summed E-state index contributed by atoms with van der Waals surface area (Å²) in [6.45, 7) is 0.848. The predicted molar refractivity (Wildman–Crippen MR) is 76.0 cm³/mol. The van der Waals surface area contributed by atoms with Gasteiger partial charge in [-0.1, -0.05) is 12.1 Å². The van der Waals surface area contributed by atoms with E-state index in [2.05, 4.69) is 35.6 Å². The fourth-order valence-corrected chi connectivity index (χ4v) is 4.04. The minimum Gasteiger partial charge on any atom is -0.396 e. The van der Waals surface area contributed by atoms with E-state index in [1.165, 1.54) is 22.0 Å². The van der Waals surface area contributed by atoms with E-state index in [4.69, 9.17) is 0 Å². The van der Waals surface area contributed by atoms with Gasteiger partial charge in [-0.05, 0) is 30.0 Å². The Morgan fingerprint density at radius 3 is 3.15 bits per heavy atom. The van der Waals surface area contributed by atoms with Gasteiger partial charge in [0.2, 0.25) is 0 Å². The highest BCUT2D eigenvalue weighted by Crippen LogP contribution is 2.44. The lowest BCUT2D eigenvalue weighted by molar-refractivity contribution is 0.0976. The van der Waals surface area contributed by atoms with Crippen LogP contribution in [0.1, 0.15) is 23.5 Å². The predicted octanol–water partition coefficient (Wildman–Crippen LogP) is 1.97. The van der Waals surface area contributed by atoms with Gasteiger partial charge in [0.1, 0.15) is 0 Å². The van der Waals surface area contributed by atoms with Gasteiger partial charge in [0.05, 0.1) is 6.04 Å². The molecule has 4 nitrogen and oxygen atoms in total. The number of nitrogens with one attached hydrogen (secondary N) is 1. The second kappa shape index (κ2) is 4.26. The molecule has 20 heavy (non-hydrogen) atoms. The van der Waals surface area contributed by atoms with Crippen LogP contribution < -0.4 is 0 Å². The summed E-state index contributed by atoms with van der Waals surface area (Å²) in [5.41, 5.74) is 3.85. The summed E-state index contributed by atoms with van der Waals surface area (Å²) in [7, 11) is 0. The zero-order valence-electron chi connectivity index (χ0n) is 11.2. The Balaban J connectivity index is 1.86. The first-order chi connectivity index (χ1) is 9.81. The van der Waals surface area contributed by atoms with E-state index >= 15 is 0 Å². The second-order valence-corrected chi connectivity index (χ2v) is 6.00. The van der Waals surface area contributed by atoms with Gasteiger partial charge in [0.15, 0.2) is 6.19 Å². The molecule has 2 aromatic rings. The van der Waals surface area contributed by atoms with Gasteiger partial charge >= 0.3 is 0 Å². The Morgan fingerprint density at radius 1 is 1.45 bits per heavy atom. The van der Waals surface area contributed by atoms with Crippen LogP contribution >= 0.6 is 0 Å². The van der Waals surface area contributed by atoms with Crippen molar-refractivity contribution in [3.05, 3.63) is 35.5 Å². The van der Waals surface area contributed by atoms with Crippen LogP contribution in [0.4, 0.5) is 0 Å². The van der Waals surface area contributed by atoms with E-state index in [9.17, 15) is 10.4 Å². The summed E-state index contributed by atoms with van der Waals surface area (Å²) >= 11 is 0. The molecule has 0 spiro atoms. The first-order valence-corrected chi connectivity index (χ1v) is 7.18. The number of hydrogen-bond donors (Lipinski definition) is 2. The fourth-order valence-electron chi connectivity index (χ4n) is 4.04. The molecular formula is C16H17N3O. The molecule has 1 aliphatic heterocycles. The molecule has 1 unspecified atom stereocenters. The molecule has 1 aliphatic carbocycles. The van der Waals surface area contributed by atoms with Crippen molar-refractivity contribution in [2.24, 2.45) is 5.92 Å². The van der Waals surface area contributed by atoms with E-state index in [0.717, 1.165) is 12.8 Å². The smallest absolute Gasteiger partial charge is 0.179 e. The number of aliphatic hydroxyl groups is 1. The summed E-state index contributed by atoms with van der Waals surface area (Å²) in [6.07, 6.45) is 6.32. The first kappa shape index (κ1) is 11.8. The van der Waals surface area contributed by atoms with Crippen LogP contribution in [0.3, 0.4) is 0 Å². The molecule has 102 valence electrons. The van der Waals surface area contributed by atoms with E-state index in [1.54, 1.807) is 0 Å². The number of likely N-dealkylation sites (tertiary alicyclic amines) is 1. The summed E-state index contributed by atoms with van der Waals surface area (Å²) in [5, 5.41) is 20.3. The highest BCUT2D eigenvalue weighted by atomic mass is 16.3. The van der Waals surface area contributed by atoms with Crippen molar-refractivity contribution >= 4 is 10.9 Å². The van der Waals surface area contributed by atoms with E-state index < -0.39 is 0 Å². The van der Waals surface area contributed by atoms with Crippen LogP contribution in [0.15, 0.2) is 24.4 Å². The molecule has 0 amide bonds. The third-order valence-electron chi connectivity index (χ3n) is 4.94. The van der Waals surface area contributed by atoms with Crippen molar-refractivity contribution in [1.82, 2.24) is 9.88 Å². The van der Waals surface area contributed by atoms with Crippen molar-refractivity contribution < 1.29 is 5.11 Å². The number of aliphatic hydroxyl groups excluding tert-OH is 1. The number of nitriles is 1. The van der Waals surface area contributed by atoms with Crippen LogP contribution in [-0.4, -0.2) is 34.2 Å². The molecular weight excluding hydrogens is 250 g/mol. The SMILES string of the molecule is N#CN1C[C@H](CO)CC2c3cccc4[nH]cc(c34)C[C@H]21. The molecule has 0 bridgehead atoms. The topological polar surface area (TPSA) is 63.1 Å². The largest absolute Gasteiger partial charge is 0.396 e. The van der Waals surface area contributed by atoms with Gasteiger partial charge in [0.25, 0.3) is 0 Å². The van der Waals surface area contributed by atoms with E-state index in [0.29, 0.717) is 12.5 Å². The molecule has 4 heteroatoms. The lowest BCUT2D eigenvalue weighted by Gasteiger charge is -2.44. The molecule has 4 rings (SSSR count). The highest BCUT2D eigenvalue weighted by Gasteiger charge is 2.40. The van der Waals surface area contributed by atoms with Gasteiger partial charge < -0.3 is 15.0 Å². The molecule has 1 aromatic heterocycles. The van der Waals surface area contributed by atoms with Crippen molar-refractivity contribution in [2.75, 3.05) is 13.2 Å². The number of fused-ring (bicyclic) bond motifs is 2. The Kier molecular flexibility index (Phi) is 2.51. The standard InChI is InChI=1S/C16H17N3O/c17-9-19-7-10(8-20)4-13-12-2-1-3-14-16(12)11(6-18-14)5-15(13)19/h1-3,6,10,13,15,18,20H,4-5,7-8H2/t10-,13?,15-/m1/s1. The molecule has 0 radical (unpaired) electrons. The zero-order chi connectivity index (χ0) is 13.7. The maximum absolute atomic E-state index is 9.50. The quantitative estimate of drug-likeness (QED) is 0.776. The number of piperidine rings is 1. The van der Waals surface area contributed by atoms with Gasteiger partial charge in [-0.3, -0.25) is 0 Å². The lowest BCUT2D eigenvalue weighted by atomic mass is 9.72. The minimum atomic E-state index is 0.164. The van der Waals surface area contributed by atoms with Crippen LogP contribution in [-0.2, 0) is 6.42 Å². The molecule has 1 saturated heterocycles. The average Bonchev–Trinajstić information content (AvgIpc) is 2.91. The molecule has 2 heterocycles. The summed E-state index contributed by atoms with van der Waals surface area (Å²) < 4.78 is 0.